The lowest BCUT2D eigenvalue weighted by Crippen LogP contribution is -1.73. The van der Waals surface area contributed by atoms with Gasteiger partial charge in [-0.1, -0.05) is 23.8 Å². The summed E-state index contributed by atoms with van der Waals surface area (Å²) in [4.78, 5) is 7.87. The molecule has 17 heavy (non-hydrogen) atoms. The highest BCUT2D eigenvalue weighted by Gasteiger charge is 1.93. The van der Waals surface area contributed by atoms with E-state index in [-0.39, 0.29) is 0 Å². The van der Waals surface area contributed by atoms with Crippen molar-refractivity contribution in [2.24, 2.45) is 15.2 Å². The van der Waals surface area contributed by atoms with E-state index in [9.17, 15) is 0 Å². The van der Waals surface area contributed by atoms with Crippen LogP contribution in [0.3, 0.4) is 0 Å². The quantitative estimate of drug-likeness (QED) is 0.571. The fourth-order valence-corrected chi connectivity index (χ4v) is 1.28. The van der Waals surface area contributed by atoms with E-state index in [1.165, 1.54) is 5.56 Å². The molecule has 0 fully saturated rings. The molecule has 84 valence electrons. The molecule has 1 heterocycles. The minimum Gasteiger partial charge on any atom is -0.245 e. The molecule has 0 amide bonds. The Morgan fingerprint density at radius 3 is 2.35 bits per heavy atom. The fraction of sp³-hybridized carbons (Fsp3) is 0.0769. The molecular weight excluding hydrogens is 212 g/mol. The number of aryl methyl sites for hydroxylation is 1. The van der Waals surface area contributed by atoms with Crippen LogP contribution in [0.25, 0.3) is 0 Å². The second-order valence-electron chi connectivity index (χ2n) is 3.55. The number of rotatable bonds is 3. The van der Waals surface area contributed by atoms with Gasteiger partial charge in [0, 0.05) is 0 Å². The Bertz CT molecular complexity index is 544. The first-order valence-corrected chi connectivity index (χ1v) is 5.20. The molecular formula is C13H12N4. The molecule has 0 aliphatic carbocycles. The molecule has 4 heteroatoms. The minimum absolute atomic E-state index is 0.524. The molecule has 0 bridgehead atoms. The molecule has 0 saturated heterocycles. The van der Waals surface area contributed by atoms with Crippen LogP contribution in [0.15, 0.2) is 57.7 Å². The molecule has 2 aromatic rings. The van der Waals surface area contributed by atoms with Crippen molar-refractivity contribution in [3.05, 3.63) is 48.0 Å². The summed E-state index contributed by atoms with van der Waals surface area (Å²) in [6, 6.07) is 13.2. The van der Waals surface area contributed by atoms with Gasteiger partial charge in [0.1, 0.15) is 0 Å². The zero-order valence-electron chi connectivity index (χ0n) is 9.54. The van der Waals surface area contributed by atoms with E-state index in [1.54, 1.807) is 12.1 Å². The Morgan fingerprint density at radius 1 is 0.941 bits per heavy atom. The normalized spacial score (nSPS) is 10.6. The summed E-state index contributed by atoms with van der Waals surface area (Å²) in [5, 5.41) is 8.13. The van der Waals surface area contributed by atoms with Gasteiger partial charge >= 0.3 is 0 Å². The Hall–Kier alpha value is -2.36. The summed E-state index contributed by atoms with van der Waals surface area (Å²) in [6.07, 6.45) is 0. The first kappa shape index (κ1) is 11.1. The topological polar surface area (TPSA) is 50.0 Å². The van der Waals surface area contributed by atoms with Gasteiger partial charge in [-0.05, 0) is 37.9 Å². The SMILES string of the molecule is C=Nc1cccc(N=Nc2ccc(C)cc2)n1. The molecule has 4 nitrogen and oxygen atoms in total. The maximum atomic E-state index is 4.13. The van der Waals surface area contributed by atoms with Gasteiger partial charge in [-0.15, -0.1) is 10.2 Å². The number of nitrogens with zero attached hydrogens (tertiary/aromatic N) is 4. The van der Waals surface area contributed by atoms with Gasteiger partial charge in [-0.3, -0.25) is 0 Å². The molecule has 1 aromatic carbocycles. The van der Waals surface area contributed by atoms with Crippen molar-refractivity contribution in [3.63, 3.8) is 0 Å². The van der Waals surface area contributed by atoms with Crippen molar-refractivity contribution < 1.29 is 0 Å². The highest BCUT2D eigenvalue weighted by Crippen LogP contribution is 2.18. The van der Waals surface area contributed by atoms with Gasteiger partial charge in [-0.2, -0.15) is 0 Å². The van der Waals surface area contributed by atoms with Gasteiger partial charge in [0.25, 0.3) is 0 Å². The largest absolute Gasteiger partial charge is 0.245 e. The Labute approximate surface area is 99.8 Å². The number of pyridine rings is 1. The molecule has 0 atom stereocenters. The minimum atomic E-state index is 0.524. The molecule has 2 rings (SSSR count). The summed E-state index contributed by atoms with van der Waals surface area (Å²) in [7, 11) is 0. The van der Waals surface area contributed by atoms with Crippen LogP contribution >= 0.6 is 0 Å². The zero-order valence-corrected chi connectivity index (χ0v) is 9.54. The first-order valence-electron chi connectivity index (χ1n) is 5.20. The molecule has 0 N–H and O–H groups in total. The zero-order chi connectivity index (χ0) is 12.1. The van der Waals surface area contributed by atoms with E-state index in [0.717, 1.165) is 5.69 Å². The summed E-state index contributed by atoms with van der Waals surface area (Å²) < 4.78 is 0. The molecule has 0 saturated carbocycles. The Kier molecular flexibility index (Phi) is 3.35. The van der Waals surface area contributed by atoms with Crippen LogP contribution in [0.5, 0.6) is 0 Å². The summed E-state index contributed by atoms with van der Waals surface area (Å²) >= 11 is 0. The number of aromatic nitrogens is 1. The Morgan fingerprint density at radius 2 is 1.65 bits per heavy atom. The third kappa shape index (κ3) is 3.04. The first-order chi connectivity index (χ1) is 8.28. The van der Waals surface area contributed by atoms with Crippen molar-refractivity contribution in [1.82, 2.24) is 4.98 Å². The van der Waals surface area contributed by atoms with Crippen LogP contribution < -0.4 is 0 Å². The van der Waals surface area contributed by atoms with E-state index < -0.39 is 0 Å². The van der Waals surface area contributed by atoms with Crippen molar-refractivity contribution in [3.8, 4) is 0 Å². The van der Waals surface area contributed by atoms with Crippen LogP contribution in [0.4, 0.5) is 17.3 Å². The highest BCUT2D eigenvalue weighted by molar-refractivity contribution is 5.44. The third-order valence-corrected chi connectivity index (χ3v) is 2.18. The molecule has 0 spiro atoms. The average molecular weight is 224 g/mol. The van der Waals surface area contributed by atoms with Crippen molar-refractivity contribution >= 4 is 24.0 Å². The Balaban J connectivity index is 2.19. The van der Waals surface area contributed by atoms with Crippen molar-refractivity contribution in [2.75, 3.05) is 0 Å². The molecule has 0 aliphatic heterocycles. The number of hydrogen-bond acceptors (Lipinski definition) is 4. The number of benzene rings is 1. The average Bonchev–Trinajstić information content (AvgIpc) is 2.38. The summed E-state index contributed by atoms with van der Waals surface area (Å²) in [5.74, 6) is 1.07. The summed E-state index contributed by atoms with van der Waals surface area (Å²) in [5.41, 5.74) is 1.99. The summed E-state index contributed by atoms with van der Waals surface area (Å²) in [6.45, 7) is 5.44. The molecule has 0 radical (unpaired) electrons. The van der Waals surface area contributed by atoms with Crippen molar-refractivity contribution in [1.29, 1.82) is 0 Å². The van der Waals surface area contributed by atoms with Crippen LogP contribution in [0, 0.1) is 6.92 Å². The second-order valence-corrected chi connectivity index (χ2v) is 3.55. The van der Waals surface area contributed by atoms with Crippen LogP contribution in [-0.4, -0.2) is 11.7 Å². The standard InChI is InChI=1S/C13H12N4/c1-10-6-8-11(9-7-10)16-17-13-5-3-4-12(14-2)15-13/h3-9H,2H2,1H3. The maximum Gasteiger partial charge on any atom is 0.176 e. The van der Waals surface area contributed by atoms with E-state index in [4.69, 9.17) is 0 Å². The smallest absolute Gasteiger partial charge is 0.176 e. The molecule has 1 aromatic heterocycles. The molecule has 0 aliphatic rings. The lowest BCUT2D eigenvalue weighted by Gasteiger charge is -1.95. The van der Waals surface area contributed by atoms with Gasteiger partial charge in [-0.25, -0.2) is 9.98 Å². The van der Waals surface area contributed by atoms with Crippen LogP contribution in [0.1, 0.15) is 5.56 Å². The number of hydrogen-bond donors (Lipinski definition) is 0. The van der Waals surface area contributed by atoms with Gasteiger partial charge in [0.15, 0.2) is 11.6 Å². The lowest BCUT2D eigenvalue weighted by molar-refractivity contribution is 1.15. The number of azo groups is 1. The van der Waals surface area contributed by atoms with Gasteiger partial charge in [0.05, 0.1) is 5.69 Å². The van der Waals surface area contributed by atoms with Crippen LogP contribution in [-0.2, 0) is 0 Å². The van der Waals surface area contributed by atoms with Crippen LogP contribution in [0.2, 0.25) is 0 Å². The number of aliphatic imine (C=N–C) groups is 1. The predicted octanol–water partition coefficient (Wildman–Crippen LogP) is 4.14. The maximum absolute atomic E-state index is 4.13. The third-order valence-electron chi connectivity index (χ3n) is 2.18. The fourth-order valence-electron chi connectivity index (χ4n) is 1.28. The monoisotopic (exact) mass is 224 g/mol. The van der Waals surface area contributed by atoms with Crippen molar-refractivity contribution in [2.45, 2.75) is 6.92 Å². The van der Waals surface area contributed by atoms with E-state index in [0.29, 0.717) is 11.6 Å². The molecule has 0 unspecified atom stereocenters. The van der Waals surface area contributed by atoms with Gasteiger partial charge < -0.3 is 0 Å². The van der Waals surface area contributed by atoms with E-state index in [2.05, 4.69) is 26.9 Å². The van der Waals surface area contributed by atoms with E-state index in [1.807, 2.05) is 37.3 Å². The predicted molar refractivity (Wildman–Crippen MR) is 68.8 cm³/mol. The lowest BCUT2D eigenvalue weighted by atomic mass is 10.2. The second kappa shape index (κ2) is 5.12. The highest BCUT2D eigenvalue weighted by atomic mass is 15.2. The van der Waals surface area contributed by atoms with E-state index >= 15 is 0 Å². The van der Waals surface area contributed by atoms with Gasteiger partial charge in [0.2, 0.25) is 0 Å².